The second kappa shape index (κ2) is 13.4. The zero-order chi connectivity index (χ0) is 30.3. The zero-order valence-electron chi connectivity index (χ0n) is 25.1. The van der Waals surface area contributed by atoms with Crippen LogP contribution in [0, 0.1) is 19.8 Å². The standard InChI is InChI=1S/C33H41N3O5/c1-20(2)16-27-26(18-35-32(39)41-33(5,6)7)30(23-14-12-21(3)13-15-23)29(22(4)36-27)31(38)40-19-25-11-9-8-10-24(25)17-28(34)37/h8-15,20H,16-19H2,1-7H3,(H2,34,37)(H,35,39). The van der Waals surface area contributed by atoms with Crippen LogP contribution < -0.4 is 11.1 Å². The molecule has 0 spiro atoms. The smallest absolute Gasteiger partial charge is 0.407 e. The minimum atomic E-state index is -0.657. The van der Waals surface area contributed by atoms with Gasteiger partial charge in [0.05, 0.1) is 17.7 Å². The molecule has 1 heterocycles. The lowest BCUT2D eigenvalue weighted by Gasteiger charge is -2.23. The number of rotatable bonds is 10. The highest BCUT2D eigenvalue weighted by atomic mass is 16.6. The lowest BCUT2D eigenvalue weighted by Crippen LogP contribution is -2.32. The van der Waals surface area contributed by atoms with E-state index in [1.807, 2.05) is 43.3 Å². The van der Waals surface area contributed by atoms with Crippen molar-refractivity contribution in [3.05, 3.63) is 87.7 Å². The summed E-state index contributed by atoms with van der Waals surface area (Å²) in [7, 11) is 0. The van der Waals surface area contributed by atoms with E-state index in [1.54, 1.807) is 39.8 Å². The van der Waals surface area contributed by atoms with E-state index in [1.165, 1.54) is 0 Å². The number of nitrogens with two attached hydrogens (primary N) is 1. The minimum Gasteiger partial charge on any atom is -0.457 e. The van der Waals surface area contributed by atoms with Crippen LogP contribution in [0.1, 0.15) is 78.6 Å². The largest absolute Gasteiger partial charge is 0.457 e. The summed E-state index contributed by atoms with van der Waals surface area (Å²) in [4.78, 5) is 42.8. The van der Waals surface area contributed by atoms with Crippen LogP contribution in [-0.2, 0) is 40.3 Å². The molecule has 0 aliphatic rings. The van der Waals surface area contributed by atoms with Gasteiger partial charge in [0.2, 0.25) is 5.91 Å². The van der Waals surface area contributed by atoms with Gasteiger partial charge in [-0.15, -0.1) is 0 Å². The first-order valence-corrected chi connectivity index (χ1v) is 13.8. The van der Waals surface area contributed by atoms with E-state index in [2.05, 4.69) is 19.2 Å². The number of nitrogens with one attached hydrogen (secondary N) is 1. The third kappa shape index (κ3) is 8.90. The Hall–Kier alpha value is -4.20. The molecular weight excluding hydrogens is 518 g/mol. The second-order valence-electron chi connectivity index (χ2n) is 11.7. The van der Waals surface area contributed by atoms with Gasteiger partial charge in [-0.3, -0.25) is 9.78 Å². The Kier molecular flexibility index (Phi) is 10.3. The number of esters is 1. The molecule has 0 bridgehead atoms. The third-order valence-corrected chi connectivity index (χ3v) is 6.36. The topological polar surface area (TPSA) is 121 Å². The van der Waals surface area contributed by atoms with Gasteiger partial charge in [0.1, 0.15) is 12.2 Å². The number of hydrogen-bond acceptors (Lipinski definition) is 6. The van der Waals surface area contributed by atoms with Gasteiger partial charge in [-0.05, 0) is 63.6 Å². The molecule has 0 aliphatic carbocycles. The van der Waals surface area contributed by atoms with Crippen molar-refractivity contribution in [2.24, 2.45) is 11.7 Å². The lowest BCUT2D eigenvalue weighted by atomic mass is 9.89. The van der Waals surface area contributed by atoms with Crippen LogP contribution in [0.25, 0.3) is 11.1 Å². The Morgan fingerprint density at radius 2 is 1.61 bits per heavy atom. The van der Waals surface area contributed by atoms with Gasteiger partial charge in [-0.1, -0.05) is 67.9 Å². The molecule has 218 valence electrons. The number of pyridine rings is 1. The molecule has 3 aromatic rings. The lowest BCUT2D eigenvalue weighted by molar-refractivity contribution is -0.117. The average Bonchev–Trinajstić information content (AvgIpc) is 2.86. The van der Waals surface area contributed by atoms with Gasteiger partial charge < -0.3 is 20.5 Å². The summed E-state index contributed by atoms with van der Waals surface area (Å²) in [6.07, 6.45) is 0.146. The SMILES string of the molecule is Cc1ccc(-c2c(CNC(=O)OC(C)(C)C)c(CC(C)C)nc(C)c2C(=O)OCc2ccccc2CC(N)=O)cc1. The maximum atomic E-state index is 13.8. The maximum absolute atomic E-state index is 13.8. The molecule has 2 amide bonds. The molecule has 3 rings (SSSR count). The molecule has 41 heavy (non-hydrogen) atoms. The van der Waals surface area contributed by atoms with E-state index in [0.29, 0.717) is 34.4 Å². The van der Waals surface area contributed by atoms with Crippen LogP contribution in [0.3, 0.4) is 0 Å². The van der Waals surface area contributed by atoms with Crippen molar-refractivity contribution in [1.29, 1.82) is 0 Å². The van der Waals surface area contributed by atoms with E-state index >= 15 is 0 Å². The van der Waals surface area contributed by atoms with Gasteiger partial charge >= 0.3 is 12.1 Å². The number of aryl methyl sites for hydroxylation is 2. The molecule has 1 aromatic heterocycles. The van der Waals surface area contributed by atoms with E-state index in [9.17, 15) is 14.4 Å². The van der Waals surface area contributed by atoms with Gasteiger partial charge in [-0.2, -0.15) is 0 Å². The Morgan fingerprint density at radius 3 is 2.20 bits per heavy atom. The number of ether oxygens (including phenoxy) is 2. The summed E-state index contributed by atoms with van der Waals surface area (Å²) < 4.78 is 11.3. The van der Waals surface area contributed by atoms with Crippen molar-refractivity contribution >= 4 is 18.0 Å². The van der Waals surface area contributed by atoms with Crippen LogP contribution in [0.4, 0.5) is 4.79 Å². The zero-order valence-corrected chi connectivity index (χ0v) is 25.1. The third-order valence-electron chi connectivity index (χ3n) is 6.36. The van der Waals surface area contributed by atoms with Crippen LogP contribution in [0.15, 0.2) is 48.5 Å². The van der Waals surface area contributed by atoms with E-state index in [4.69, 9.17) is 20.2 Å². The first kappa shape index (κ1) is 31.3. The van der Waals surface area contributed by atoms with Gasteiger partial charge in [-0.25, -0.2) is 9.59 Å². The molecule has 0 aliphatic heterocycles. The summed E-state index contributed by atoms with van der Waals surface area (Å²) in [5, 5.41) is 2.86. The fourth-order valence-corrected chi connectivity index (χ4v) is 4.59. The van der Waals surface area contributed by atoms with Crippen molar-refractivity contribution in [1.82, 2.24) is 10.3 Å². The molecule has 0 radical (unpaired) electrons. The predicted octanol–water partition coefficient (Wildman–Crippen LogP) is 5.97. The van der Waals surface area contributed by atoms with Crippen molar-refractivity contribution in [2.75, 3.05) is 0 Å². The molecular formula is C33H41N3O5. The van der Waals surface area contributed by atoms with Crippen molar-refractivity contribution in [2.45, 2.75) is 80.1 Å². The quantitative estimate of drug-likeness (QED) is 0.295. The molecule has 3 N–H and O–H groups in total. The summed E-state index contributed by atoms with van der Waals surface area (Å²) in [5.74, 6) is -0.727. The monoisotopic (exact) mass is 559 g/mol. The normalized spacial score (nSPS) is 11.3. The highest BCUT2D eigenvalue weighted by Crippen LogP contribution is 2.34. The highest BCUT2D eigenvalue weighted by molar-refractivity contribution is 5.99. The van der Waals surface area contributed by atoms with Crippen LogP contribution in [0.2, 0.25) is 0 Å². The predicted molar refractivity (Wildman–Crippen MR) is 159 cm³/mol. The summed E-state index contributed by atoms with van der Waals surface area (Å²) >= 11 is 0. The number of aromatic nitrogens is 1. The van der Waals surface area contributed by atoms with Crippen LogP contribution in [0.5, 0.6) is 0 Å². The summed E-state index contributed by atoms with van der Waals surface area (Å²) in [6, 6.07) is 15.1. The number of carbonyl (C=O) groups excluding carboxylic acids is 3. The van der Waals surface area contributed by atoms with Gasteiger partial charge in [0.25, 0.3) is 0 Å². The highest BCUT2D eigenvalue weighted by Gasteiger charge is 2.26. The van der Waals surface area contributed by atoms with Crippen molar-refractivity contribution in [3.8, 4) is 11.1 Å². The fourth-order valence-electron chi connectivity index (χ4n) is 4.59. The molecule has 0 saturated carbocycles. The van der Waals surface area contributed by atoms with Crippen LogP contribution >= 0.6 is 0 Å². The van der Waals surface area contributed by atoms with E-state index in [-0.39, 0.29) is 25.5 Å². The first-order valence-electron chi connectivity index (χ1n) is 13.8. The Balaban J connectivity index is 2.10. The molecule has 2 aromatic carbocycles. The Bertz CT molecular complexity index is 1410. The maximum Gasteiger partial charge on any atom is 0.407 e. The van der Waals surface area contributed by atoms with Crippen molar-refractivity contribution in [3.63, 3.8) is 0 Å². The number of hydrogen-bond donors (Lipinski definition) is 2. The molecule has 8 nitrogen and oxygen atoms in total. The van der Waals surface area contributed by atoms with E-state index in [0.717, 1.165) is 22.4 Å². The molecule has 0 unspecified atom stereocenters. The second-order valence-corrected chi connectivity index (χ2v) is 11.7. The number of nitrogens with zero attached hydrogens (tertiary/aromatic N) is 1. The summed E-state index contributed by atoms with van der Waals surface area (Å²) in [6.45, 7) is 13.5. The number of alkyl carbamates (subject to hydrolysis) is 1. The molecule has 0 saturated heterocycles. The Labute approximate surface area is 242 Å². The average molecular weight is 560 g/mol. The van der Waals surface area contributed by atoms with E-state index < -0.39 is 23.6 Å². The van der Waals surface area contributed by atoms with Gasteiger partial charge in [0.15, 0.2) is 0 Å². The first-order chi connectivity index (χ1) is 19.2. The van der Waals surface area contributed by atoms with Crippen LogP contribution in [-0.4, -0.2) is 28.6 Å². The molecule has 8 heteroatoms. The number of amides is 2. The number of carbonyl (C=O) groups is 3. The molecule has 0 atom stereocenters. The van der Waals surface area contributed by atoms with Crippen molar-refractivity contribution < 1.29 is 23.9 Å². The summed E-state index contributed by atoms with van der Waals surface area (Å²) in [5.41, 5.74) is 11.1. The fraction of sp³-hybridized carbons (Fsp3) is 0.394. The molecule has 0 fully saturated rings. The Morgan fingerprint density at radius 1 is 0.976 bits per heavy atom. The number of benzene rings is 2. The number of primary amides is 1. The minimum absolute atomic E-state index is 0.0334. The van der Waals surface area contributed by atoms with Gasteiger partial charge in [0, 0.05) is 23.4 Å².